The highest BCUT2D eigenvalue weighted by molar-refractivity contribution is 5.76. The number of aliphatic hydroxyl groups excluding tert-OH is 3. The SMILES string of the molecule is Cc1ccc2oc(-c3ccc(O[C@@H]4OC[C@H](O)[C@H](O)[C@H]4O)cc3)nc2c1. The van der Waals surface area contributed by atoms with E-state index in [1.807, 2.05) is 25.1 Å². The van der Waals surface area contributed by atoms with Crippen molar-refractivity contribution in [3.63, 3.8) is 0 Å². The minimum absolute atomic E-state index is 0.108. The van der Waals surface area contributed by atoms with Crippen molar-refractivity contribution in [2.24, 2.45) is 0 Å². The second-order valence-corrected chi connectivity index (χ2v) is 6.38. The summed E-state index contributed by atoms with van der Waals surface area (Å²) in [6, 6.07) is 12.8. The van der Waals surface area contributed by atoms with Crippen molar-refractivity contribution in [3.8, 4) is 17.2 Å². The molecule has 7 nitrogen and oxygen atoms in total. The van der Waals surface area contributed by atoms with Gasteiger partial charge in [-0.3, -0.25) is 0 Å². The van der Waals surface area contributed by atoms with E-state index in [0.717, 1.165) is 22.2 Å². The van der Waals surface area contributed by atoms with E-state index in [1.165, 1.54) is 0 Å². The standard InChI is InChI=1S/C19H19NO6/c1-10-2-7-15-13(8-10)20-18(26-15)11-3-5-12(6-4-11)25-19-17(23)16(22)14(21)9-24-19/h2-8,14,16-17,19,21-23H,9H2,1H3/t14-,16-,17+,19-/m0/s1. The summed E-state index contributed by atoms with van der Waals surface area (Å²) in [5.74, 6) is 0.956. The van der Waals surface area contributed by atoms with Crippen molar-refractivity contribution in [2.45, 2.75) is 31.5 Å². The predicted molar refractivity (Wildman–Crippen MR) is 92.6 cm³/mol. The van der Waals surface area contributed by atoms with E-state index in [2.05, 4.69) is 4.98 Å². The summed E-state index contributed by atoms with van der Waals surface area (Å²) < 4.78 is 16.6. The summed E-state index contributed by atoms with van der Waals surface area (Å²) in [7, 11) is 0. The van der Waals surface area contributed by atoms with E-state index in [1.54, 1.807) is 24.3 Å². The fourth-order valence-corrected chi connectivity index (χ4v) is 2.85. The van der Waals surface area contributed by atoms with Gasteiger partial charge in [-0.05, 0) is 48.9 Å². The van der Waals surface area contributed by atoms with Crippen molar-refractivity contribution in [1.29, 1.82) is 0 Å². The van der Waals surface area contributed by atoms with Gasteiger partial charge in [-0.2, -0.15) is 0 Å². The molecule has 4 atom stereocenters. The van der Waals surface area contributed by atoms with Crippen LogP contribution in [0.5, 0.6) is 5.75 Å². The van der Waals surface area contributed by atoms with Crippen molar-refractivity contribution < 1.29 is 29.2 Å². The molecular weight excluding hydrogens is 338 g/mol. The molecule has 1 saturated heterocycles. The third kappa shape index (κ3) is 3.17. The first-order chi connectivity index (χ1) is 12.5. The molecule has 1 aromatic heterocycles. The molecule has 0 unspecified atom stereocenters. The second kappa shape index (κ2) is 6.69. The lowest BCUT2D eigenvalue weighted by Crippen LogP contribution is -2.54. The molecule has 0 saturated carbocycles. The minimum atomic E-state index is -1.33. The average Bonchev–Trinajstić information content (AvgIpc) is 3.06. The quantitative estimate of drug-likeness (QED) is 0.654. The van der Waals surface area contributed by atoms with E-state index in [9.17, 15) is 15.3 Å². The Kier molecular flexibility index (Phi) is 4.37. The summed E-state index contributed by atoms with van der Waals surface area (Å²) in [5.41, 5.74) is 3.41. The highest BCUT2D eigenvalue weighted by atomic mass is 16.7. The first kappa shape index (κ1) is 17.0. The maximum absolute atomic E-state index is 9.92. The van der Waals surface area contributed by atoms with Crippen molar-refractivity contribution in [2.75, 3.05) is 6.61 Å². The van der Waals surface area contributed by atoms with Gasteiger partial charge in [0.15, 0.2) is 5.58 Å². The number of aryl methyl sites for hydroxylation is 1. The number of aromatic nitrogens is 1. The van der Waals surface area contributed by atoms with E-state index in [4.69, 9.17) is 13.9 Å². The molecule has 0 spiro atoms. The molecule has 0 radical (unpaired) electrons. The van der Waals surface area contributed by atoms with Gasteiger partial charge in [0, 0.05) is 5.56 Å². The zero-order chi connectivity index (χ0) is 18.3. The maximum atomic E-state index is 9.92. The van der Waals surface area contributed by atoms with Crippen LogP contribution in [0, 0.1) is 6.92 Å². The second-order valence-electron chi connectivity index (χ2n) is 6.38. The number of hydrogen-bond donors (Lipinski definition) is 3. The molecule has 0 aliphatic carbocycles. The Hall–Kier alpha value is -2.45. The van der Waals surface area contributed by atoms with Gasteiger partial charge in [-0.1, -0.05) is 6.07 Å². The number of hydrogen-bond acceptors (Lipinski definition) is 7. The molecule has 0 bridgehead atoms. The number of fused-ring (bicyclic) bond motifs is 1. The monoisotopic (exact) mass is 357 g/mol. The smallest absolute Gasteiger partial charge is 0.228 e. The van der Waals surface area contributed by atoms with Gasteiger partial charge in [0.2, 0.25) is 12.2 Å². The molecule has 2 aromatic carbocycles. The number of oxazole rings is 1. The van der Waals surface area contributed by atoms with Crippen LogP contribution in [0.25, 0.3) is 22.6 Å². The van der Waals surface area contributed by atoms with Crippen LogP contribution >= 0.6 is 0 Å². The van der Waals surface area contributed by atoms with Crippen molar-refractivity contribution >= 4 is 11.1 Å². The summed E-state index contributed by atoms with van der Waals surface area (Å²) >= 11 is 0. The molecule has 26 heavy (non-hydrogen) atoms. The Morgan fingerprint density at radius 2 is 1.81 bits per heavy atom. The Morgan fingerprint density at radius 3 is 2.58 bits per heavy atom. The fourth-order valence-electron chi connectivity index (χ4n) is 2.85. The van der Waals surface area contributed by atoms with Crippen molar-refractivity contribution in [3.05, 3.63) is 48.0 Å². The van der Waals surface area contributed by atoms with Crippen LogP contribution in [0.1, 0.15) is 5.56 Å². The molecule has 1 aliphatic heterocycles. The maximum Gasteiger partial charge on any atom is 0.228 e. The van der Waals surface area contributed by atoms with Gasteiger partial charge in [0.25, 0.3) is 0 Å². The first-order valence-corrected chi connectivity index (χ1v) is 8.31. The van der Waals surface area contributed by atoms with Gasteiger partial charge in [0.1, 0.15) is 29.6 Å². The minimum Gasteiger partial charge on any atom is -0.462 e. The molecule has 2 heterocycles. The summed E-state index contributed by atoms with van der Waals surface area (Å²) in [5, 5.41) is 29.1. The molecule has 7 heteroatoms. The lowest BCUT2D eigenvalue weighted by molar-refractivity contribution is -0.242. The number of aliphatic hydroxyl groups is 3. The van der Waals surface area contributed by atoms with Crippen LogP contribution in [0.3, 0.4) is 0 Å². The van der Waals surface area contributed by atoms with Gasteiger partial charge < -0.3 is 29.2 Å². The van der Waals surface area contributed by atoms with Gasteiger partial charge in [-0.25, -0.2) is 4.98 Å². The van der Waals surface area contributed by atoms with Gasteiger partial charge in [-0.15, -0.1) is 0 Å². The van der Waals surface area contributed by atoms with Crippen LogP contribution in [-0.2, 0) is 4.74 Å². The van der Waals surface area contributed by atoms with Crippen LogP contribution < -0.4 is 4.74 Å². The van der Waals surface area contributed by atoms with Crippen molar-refractivity contribution in [1.82, 2.24) is 4.98 Å². The molecule has 4 rings (SSSR count). The Bertz CT molecular complexity index is 906. The Labute approximate surface area is 149 Å². The first-order valence-electron chi connectivity index (χ1n) is 8.31. The molecule has 1 fully saturated rings. The number of benzene rings is 2. The molecule has 1 aliphatic rings. The van der Waals surface area contributed by atoms with E-state index >= 15 is 0 Å². The molecule has 0 amide bonds. The zero-order valence-electron chi connectivity index (χ0n) is 14.1. The Balaban J connectivity index is 1.51. The molecular formula is C19H19NO6. The predicted octanol–water partition coefficient (Wildman–Crippen LogP) is 1.62. The highest BCUT2D eigenvalue weighted by Crippen LogP contribution is 2.27. The van der Waals surface area contributed by atoms with Crippen LogP contribution in [0.4, 0.5) is 0 Å². The van der Waals surface area contributed by atoms with Gasteiger partial charge >= 0.3 is 0 Å². The van der Waals surface area contributed by atoms with Crippen LogP contribution in [0.2, 0.25) is 0 Å². The topological polar surface area (TPSA) is 105 Å². The van der Waals surface area contributed by atoms with E-state index in [0.29, 0.717) is 11.6 Å². The molecule has 3 aromatic rings. The van der Waals surface area contributed by atoms with E-state index in [-0.39, 0.29) is 6.61 Å². The average molecular weight is 357 g/mol. The number of rotatable bonds is 3. The highest BCUT2D eigenvalue weighted by Gasteiger charge is 2.38. The number of ether oxygens (including phenoxy) is 2. The summed E-state index contributed by atoms with van der Waals surface area (Å²) in [4.78, 5) is 4.49. The van der Waals surface area contributed by atoms with E-state index < -0.39 is 24.6 Å². The third-order valence-corrected chi connectivity index (χ3v) is 4.35. The number of nitrogens with zero attached hydrogens (tertiary/aromatic N) is 1. The largest absolute Gasteiger partial charge is 0.462 e. The fraction of sp³-hybridized carbons (Fsp3) is 0.316. The third-order valence-electron chi connectivity index (χ3n) is 4.35. The zero-order valence-corrected chi connectivity index (χ0v) is 14.1. The lowest BCUT2D eigenvalue weighted by Gasteiger charge is -2.34. The van der Waals surface area contributed by atoms with Crippen LogP contribution in [0.15, 0.2) is 46.9 Å². The normalized spacial score (nSPS) is 26.2. The summed E-state index contributed by atoms with van der Waals surface area (Å²) in [6.07, 6.45) is -4.82. The van der Waals surface area contributed by atoms with Crippen LogP contribution in [-0.4, -0.2) is 51.5 Å². The van der Waals surface area contributed by atoms with Gasteiger partial charge in [0.05, 0.1) is 6.61 Å². The lowest BCUT2D eigenvalue weighted by atomic mass is 10.1. The Morgan fingerprint density at radius 1 is 1.04 bits per heavy atom. The summed E-state index contributed by atoms with van der Waals surface area (Å²) in [6.45, 7) is 1.89. The molecule has 3 N–H and O–H groups in total. The molecule has 136 valence electrons.